The first-order valence-electron chi connectivity index (χ1n) is 27.9. The summed E-state index contributed by atoms with van der Waals surface area (Å²) in [7, 11) is 0. The zero-order chi connectivity index (χ0) is 57.7. The Hall–Kier alpha value is -12.9. The van der Waals surface area contributed by atoms with E-state index in [1.165, 1.54) is 0 Å². The third-order valence-corrected chi connectivity index (χ3v) is 16.7. The third-order valence-electron chi connectivity index (χ3n) is 16.7. The first-order valence-corrected chi connectivity index (χ1v) is 27.9. The Labute approximate surface area is 490 Å². The molecule has 0 bridgehead atoms. The van der Waals surface area contributed by atoms with E-state index >= 15 is 0 Å². The van der Waals surface area contributed by atoms with Gasteiger partial charge in [-0.1, -0.05) is 133 Å². The summed E-state index contributed by atoms with van der Waals surface area (Å²) >= 11 is 0. The van der Waals surface area contributed by atoms with Crippen LogP contribution in [0.2, 0.25) is 0 Å². The Kier molecular flexibility index (Phi) is 10.9. The maximum atomic E-state index is 13.0. The molecule has 0 aliphatic rings. The second-order valence-corrected chi connectivity index (χ2v) is 21.2. The van der Waals surface area contributed by atoms with Crippen molar-refractivity contribution in [3.8, 4) is 87.0 Å². The molecule has 86 heavy (non-hydrogen) atoms. The van der Waals surface area contributed by atoms with Crippen LogP contribution in [0, 0.1) is 56.7 Å². The van der Waals surface area contributed by atoms with Crippen LogP contribution in [-0.4, -0.2) is 28.2 Å². The van der Waals surface area contributed by atoms with E-state index in [4.69, 9.17) is 9.97 Å². The highest BCUT2D eigenvalue weighted by molar-refractivity contribution is 6.17. The lowest BCUT2D eigenvalue weighted by Crippen LogP contribution is -2.17. The second kappa shape index (κ2) is 19.1. The Bertz CT molecular complexity index is 5780. The van der Waals surface area contributed by atoms with Gasteiger partial charge in [-0.25, -0.2) is 9.97 Å². The van der Waals surface area contributed by atoms with E-state index in [1.807, 2.05) is 200 Å². The van der Waals surface area contributed by atoms with Crippen LogP contribution in [0.25, 0.3) is 144 Å². The number of nitrogens with zero attached hydrogens (tertiary/aromatic N) is 11. The van der Waals surface area contributed by atoms with Crippen LogP contribution < -0.4 is 0 Å². The smallest absolute Gasteiger partial charge is 0.164 e. The lowest BCUT2D eigenvalue weighted by atomic mass is 9.96. The van der Waals surface area contributed by atoms with Crippen LogP contribution >= 0.6 is 0 Å². The Morgan fingerprint density at radius 2 is 0.547 bits per heavy atom. The molecule has 394 valence electrons. The summed E-state index contributed by atoms with van der Waals surface area (Å²) in [6.07, 6.45) is 0. The minimum atomic E-state index is 0.224. The van der Waals surface area contributed by atoms with Crippen LogP contribution in [0.15, 0.2) is 237 Å². The molecule has 11 aromatic carbocycles. The minimum Gasteiger partial charge on any atom is -0.306 e. The van der Waals surface area contributed by atoms with Gasteiger partial charge in [-0.2, -0.15) is 26.3 Å². The molecule has 16 rings (SSSR count). The first kappa shape index (κ1) is 49.0. The van der Waals surface area contributed by atoms with Crippen molar-refractivity contribution < 1.29 is 0 Å². The van der Waals surface area contributed by atoms with Gasteiger partial charge in [0, 0.05) is 54.2 Å². The number of nitriles is 5. The number of hydrogen-bond donors (Lipinski definition) is 0. The van der Waals surface area contributed by atoms with Gasteiger partial charge in [0.15, 0.2) is 5.82 Å². The van der Waals surface area contributed by atoms with Crippen molar-refractivity contribution in [1.29, 1.82) is 26.3 Å². The molecule has 0 fully saturated rings. The van der Waals surface area contributed by atoms with Crippen LogP contribution in [0.4, 0.5) is 0 Å². The fourth-order valence-corrected chi connectivity index (χ4v) is 13.1. The number of benzene rings is 11. The standard InChI is InChI=1S/C75H39N11/c76-40-45-27-31-66-55(35-45)51-19-7-11-23-62(51)83(66)71-59(44-80)70(75-81-60(49-15-3-1-4-16-49)39-61(82-75)50-17-5-2-6-18-50)72(84-63-24-12-8-20-52(63)56-36-46(41-77)28-32-67(56)84)74(86-65-26-14-10-22-54(65)58-38-48(43-79)30-34-69(58)86)73(71)85-64-25-13-9-21-53(64)57-37-47(42-78)29-33-68(57)85/h1-39H. The molecular formula is C75H39N11. The number of fused-ring (bicyclic) bond motifs is 12. The van der Waals surface area contributed by atoms with Crippen molar-refractivity contribution in [3.63, 3.8) is 0 Å². The predicted molar refractivity (Wildman–Crippen MR) is 339 cm³/mol. The average Bonchev–Trinajstić information content (AvgIpc) is 1.44. The van der Waals surface area contributed by atoms with Crippen LogP contribution in [0.5, 0.6) is 0 Å². The maximum Gasteiger partial charge on any atom is 0.164 e. The zero-order valence-corrected chi connectivity index (χ0v) is 45.4. The average molecular weight is 1090 g/mol. The highest BCUT2D eigenvalue weighted by atomic mass is 15.1. The Morgan fingerprint density at radius 3 is 0.884 bits per heavy atom. The molecule has 0 amide bonds. The van der Waals surface area contributed by atoms with Gasteiger partial charge in [-0.05, 0) is 103 Å². The first-order chi connectivity index (χ1) is 42.5. The molecule has 16 aromatic rings. The van der Waals surface area contributed by atoms with Gasteiger partial charge in [0.25, 0.3) is 0 Å². The lowest BCUT2D eigenvalue weighted by molar-refractivity contribution is 1.01. The fraction of sp³-hybridized carbons (Fsp3) is 0. The Balaban J connectivity index is 1.28. The van der Waals surface area contributed by atoms with Crippen molar-refractivity contribution in [3.05, 3.63) is 264 Å². The maximum absolute atomic E-state index is 13.0. The summed E-state index contributed by atoms with van der Waals surface area (Å²) in [5, 5.41) is 62.0. The number of hydrogen-bond acceptors (Lipinski definition) is 7. The van der Waals surface area contributed by atoms with Crippen molar-refractivity contribution in [2.45, 2.75) is 0 Å². The van der Waals surface area contributed by atoms with E-state index in [1.54, 1.807) is 0 Å². The summed E-state index contributed by atoms with van der Waals surface area (Å²) in [6, 6.07) is 89.9. The van der Waals surface area contributed by atoms with E-state index in [0.29, 0.717) is 62.0 Å². The molecule has 5 aromatic heterocycles. The molecule has 0 aliphatic heterocycles. The van der Waals surface area contributed by atoms with E-state index in [0.717, 1.165) is 98.4 Å². The van der Waals surface area contributed by atoms with Crippen molar-refractivity contribution >= 4 is 87.2 Å². The number of aromatic nitrogens is 6. The predicted octanol–water partition coefficient (Wildman–Crippen LogP) is 17.2. The molecular weight excluding hydrogens is 1050 g/mol. The van der Waals surface area contributed by atoms with Gasteiger partial charge in [-0.15, -0.1) is 0 Å². The molecule has 0 aliphatic carbocycles. The molecule has 11 heteroatoms. The molecule has 11 nitrogen and oxygen atoms in total. The van der Waals surface area contributed by atoms with Gasteiger partial charge in [0.1, 0.15) is 6.07 Å². The zero-order valence-electron chi connectivity index (χ0n) is 45.4. The van der Waals surface area contributed by atoms with Gasteiger partial charge >= 0.3 is 0 Å². The van der Waals surface area contributed by atoms with E-state index < -0.39 is 0 Å². The molecule has 5 heterocycles. The molecule has 0 N–H and O–H groups in total. The van der Waals surface area contributed by atoms with Gasteiger partial charge in [0.2, 0.25) is 0 Å². The minimum absolute atomic E-state index is 0.224. The number of rotatable bonds is 7. The van der Waals surface area contributed by atoms with Crippen molar-refractivity contribution in [2.75, 3.05) is 0 Å². The monoisotopic (exact) mass is 1090 g/mol. The van der Waals surface area contributed by atoms with Crippen molar-refractivity contribution in [1.82, 2.24) is 28.2 Å². The highest BCUT2D eigenvalue weighted by Gasteiger charge is 2.36. The van der Waals surface area contributed by atoms with Crippen LogP contribution in [0.1, 0.15) is 27.8 Å². The summed E-state index contributed by atoms with van der Waals surface area (Å²) in [6.45, 7) is 0. The van der Waals surface area contributed by atoms with Crippen molar-refractivity contribution in [2.24, 2.45) is 0 Å². The molecule has 0 unspecified atom stereocenters. The second-order valence-electron chi connectivity index (χ2n) is 21.2. The largest absolute Gasteiger partial charge is 0.306 e. The van der Waals surface area contributed by atoms with E-state index in [9.17, 15) is 26.3 Å². The summed E-state index contributed by atoms with van der Waals surface area (Å²) in [5.74, 6) is 0.256. The highest BCUT2D eigenvalue weighted by Crippen LogP contribution is 2.52. The summed E-state index contributed by atoms with van der Waals surface area (Å²) in [5.41, 5.74) is 13.8. The normalized spacial score (nSPS) is 11.4. The van der Waals surface area contributed by atoms with Gasteiger partial charge in [0.05, 0.1) is 136 Å². The third kappa shape index (κ3) is 7.16. The molecule has 0 spiro atoms. The van der Waals surface area contributed by atoms with Gasteiger partial charge < -0.3 is 18.3 Å². The van der Waals surface area contributed by atoms with E-state index in [2.05, 4.69) is 85.0 Å². The topological polar surface area (TPSA) is 164 Å². The summed E-state index contributed by atoms with van der Waals surface area (Å²) in [4.78, 5) is 11.3. The van der Waals surface area contributed by atoms with Gasteiger partial charge in [-0.3, -0.25) is 0 Å². The molecule has 0 atom stereocenters. The number of para-hydroxylation sites is 4. The molecule has 0 radical (unpaired) electrons. The summed E-state index contributed by atoms with van der Waals surface area (Å²) < 4.78 is 8.87. The quantitative estimate of drug-likeness (QED) is 0.153. The van der Waals surface area contributed by atoms with Crippen LogP contribution in [0.3, 0.4) is 0 Å². The molecule has 0 saturated carbocycles. The van der Waals surface area contributed by atoms with E-state index in [-0.39, 0.29) is 11.4 Å². The SMILES string of the molecule is N#Cc1ccc2c(c1)c1ccccc1n2-c1c(C#N)c(-c2nc(-c3ccccc3)cc(-c3ccccc3)n2)c(-n2c3ccccc3c3cc(C#N)ccc32)c(-n2c3ccccc3c3cc(C#N)ccc32)c1-n1c2ccccc2c2cc(C#N)ccc21. The van der Waals surface area contributed by atoms with Crippen LogP contribution in [-0.2, 0) is 0 Å². The fourth-order valence-electron chi connectivity index (χ4n) is 13.1. The molecule has 0 saturated heterocycles. The lowest BCUT2D eigenvalue weighted by Gasteiger charge is -2.29. The Morgan fingerprint density at radius 1 is 0.256 bits per heavy atom.